The summed E-state index contributed by atoms with van der Waals surface area (Å²) in [4.78, 5) is 0. The Hall–Kier alpha value is -1.67. The lowest BCUT2D eigenvalue weighted by Gasteiger charge is -2.10. The minimum atomic E-state index is 0.722. The van der Waals surface area contributed by atoms with E-state index in [4.69, 9.17) is 16.3 Å². The van der Waals surface area contributed by atoms with Crippen LogP contribution in [0.25, 0.3) is 11.1 Å². The van der Waals surface area contributed by atoms with Crippen LogP contribution in [-0.4, -0.2) is 13.7 Å². The van der Waals surface area contributed by atoms with Gasteiger partial charge in [0, 0.05) is 22.8 Å². The second-order valence-electron chi connectivity index (χ2n) is 4.39. The van der Waals surface area contributed by atoms with Crippen molar-refractivity contribution in [3.05, 3.63) is 47.0 Å². The maximum atomic E-state index is 6.07. The summed E-state index contributed by atoms with van der Waals surface area (Å²) in [6.07, 6.45) is 1.10. The van der Waals surface area contributed by atoms with Gasteiger partial charge in [0.1, 0.15) is 5.75 Å². The first-order valence-corrected chi connectivity index (χ1v) is 6.36. The van der Waals surface area contributed by atoms with Gasteiger partial charge >= 0.3 is 0 Å². The predicted octanol–water partition coefficient (Wildman–Crippen LogP) is 3.98. The van der Waals surface area contributed by atoms with Gasteiger partial charge in [0.25, 0.3) is 0 Å². The molecule has 18 heavy (non-hydrogen) atoms. The third kappa shape index (κ3) is 1.93. The molecule has 0 atom stereocenters. The summed E-state index contributed by atoms with van der Waals surface area (Å²) in [7, 11) is 1.68. The number of ether oxygens (including phenoxy) is 1. The number of fused-ring (bicyclic) bond motifs is 1. The number of hydrogen-bond acceptors (Lipinski definition) is 2. The zero-order chi connectivity index (χ0) is 12.5. The molecule has 92 valence electrons. The van der Waals surface area contributed by atoms with E-state index >= 15 is 0 Å². The summed E-state index contributed by atoms with van der Waals surface area (Å²) >= 11 is 6.07. The van der Waals surface area contributed by atoms with Gasteiger partial charge in [-0.05, 0) is 41.8 Å². The zero-order valence-electron chi connectivity index (χ0n) is 10.2. The summed E-state index contributed by atoms with van der Waals surface area (Å²) < 4.78 is 5.40. The van der Waals surface area contributed by atoms with E-state index in [0.717, 1.165) is 34.9 Å². The van der Waals surface area contributed by atoms with Crippen molar-refractivity contribution in [2.45, 2.75) is 6.42 Å². The SMILES string of the molecule is COc1ccc(Cl)cc1-c1ccc2c(c1)NCC2. The van der Waals surface area contributed by atoms with Gasteiger partial charge in [0.05, 0.1) is 7.11 Å². The maximum absolute atomic E-state index is 6.07. The molecule has 3 rings (SSSR count). The fourth-order valence-corrected chi connectivity index (χ4v) is 2.54. The van der Waals surface area contributed by atoms with E-state index in [2.05, 4.69) is 23.5 Å². The topological polar surface area (TPSA) is 21.3 Å². The molecule has 0 saturated heterocycles. The molecule has 0 aromatic heterocycles. The molecule has 0 unspecified atom stereocenters. The van der Waals surface area contributed by atoms with Crippen LogP contribution in [0.5, 0.6) is 5.75 Å². The van der Waals surface area contributed by atoms with Gasteiger partial charge in [-0.15, -0.1) is 0 Å². The molecule has 1 aliphatic heterocycles. The Labute approximate surface area is 112 Å². The molecule has 0 aliphatic carbocycles. The van der Waals surface area contributed by atoms with Gasteiger partial charge in [-0.3, -0.25) is 0 Å². The first kappa shape index (κ1) is 11.4. The van der Waals surface area contributed by atoms with Crippen molar-refractivity contribution in [3.63, 3.8) is 0 Å². The fourth-order valence-electron chi connectivity index (χ4n) is 2.36. The van der Waals surface area contributed by atoms with Gasteiger partial charge < -0.3 is 10.1 Å². The Kier molecular flexibility index (Phi) is 2.88. The minimum Gasteiger partial charge on any atom is -0.496 e. The van der Waals surface area contributed by atoms with Crippen molar-refractivity contribution in [2.24, 2.45) is 0 Å². The van der Waals surface area contributed by atoms with E-state index in [1.165, 1.54) is 11.3 Å². The Bertz CT molecular complexity index is 595. The first-order chi connectivity index (χ1) is 8.78. The number of halogens is 1. The van der Waals surface area contributed by atoms with Crippen molar-refractivity contribution < 1.29 is 4.74 Å². The highest BCUT2D eigenvalue weighted by molar-refractivity contribution is 6.31. The molecule has 2 aromatic rings. The fraction of sp³-hybridized carbons (Fsp3) is 0.200. The normalized spacial score (nSPS) is 13.0. The summed E-state index contributed by atoms with van der Waals surface area (Å²) in [6.45, 7) is 1.02. The lowest BCUT2D eigenvalue weighted by Crippen LogP contribution is -1.91. The van der Waals surface area contributed by atoms with Crippen LogP contribution in [0.2, 0.25) is 5.02 Å². The van der Waals surface area contributed by atoms with Crippen molar-refractivity contribution in [2.75, 3.05) is 19.0 Å². The molecule has 2 nitrogen and oxygen atoms in total. The number of methoxy groups -OCH3 is 1. The highest BCUT2D eigenvalue weighted by Gasteiger charge is 2.13. The van der Waals surface area contributed by atoms with Crippen LogP contribution in [0.4, 0.5) is 5.69 Å². The monoisotopic (exact) mass is 259 g/mol. The highest BCUT2D eigenvalue weighted by atomic mass is 35.5. The van der Waals surface area contributed by atoms with E-state index in [1.54, 1.807) is 7.11 Å². The van der Waals surface area contributed by atoms with Crippen molar-refractivity contribution in [1.82, 2.24) is 0 Å². The van der Waals surface area contributed by atoms with Crippen molar-refractivity contribution >= 4 is 17.3 Å². The Morgan fingerprint density at radius 1 is 1.17 bits per heavy atom. The lowest BCUT2D eigenvalue weighted by atomic mass is 10.0. The molecule has 0 spiro atoms. The van der Waals surface area contributed by atoms with Crippen molar-refractivity contribution in [1.29, 1.82) is 0 Å². The highest BCUT2D eigenvalue weighted by Crippen LogP contribution is 2.35. The van der Waals surface area contributed by atoms with E-state index < -0.39 is 0 Å². The molecule has 0 fully saturated rings. The molecule has 3 heteroatoms. The van der Waals surface area contributed by atoms with Crippen LogP contribution in [0.3, 0.4) is 0 Å². The summed E-state index contributed by atoms with van der Waals surface area (Å²) in [5.41, 5.74) is 4.75. The maximum Gasteiger partial charge on any atom is 0.126 e. The Morgan fingerprint density at radius 3 is 2.89 bits per heavy atom. The lowest BCUT2D eigenvalue weighted by molar-refractivity contribution is 0.416. The molecule has 1 N–H and O–H groups in total. The van der Waals surface area contributed by atoms with Crippen LogP contribution in [-0.2, 0) is 6.42 Å². The number of nitrogens with one attached hydrogen (secondary N) is 1. The molecular formula is C15H14ClNO. The number of hydrogen-bond donors (Lipinski definition) is 1. The van der Waals surface area contributed by atoms with Gasteiger partial charge in [0.2, 0.25) is 0 Å². The van der Waals surface area contributed by atoms with Gasteiger partial charge in [-0.1, -0.05) is 23.7 Å². The van der Waals surface area contributed by atoms with E-state index in [0.29, 0.717) is 0 Å². The number of rotatable bonds is 2. The van der Waals surface area contributed by atoms with Crippen LogP contribution in [0.15, 0.2) is 36.4 Å². The molecule has 1 aliphatic rings. The van der Waals surface area contributed by atoms with Gasteiger partial charge in [-0.2, -0.15) is 0 Å². The average molecular weight is 260 g/mol. The van der Waals surface area contributed by atoms with Crippen LogP contribution in [0.1, 0.15) is 5.56 Å². The van der Waals surface area contributed by atoms with Gasteiger partial charge in [0.15, 0.2) is 0 Å². The molecule has 1 heterocycles. The quantitative estimate of drug-likeness (QED) is 0.881. The summed E-state index contributed by atoms with van der Waals surface area (Å²) in [5.74, 6) is 0.845. The Balaban J connectivity index is 2.12. The smallest absolute Gasteiger partial charge is 0.126 e. The molecule has 0 bridgehead atoms. The van der Waals surface area contributed by atoms with E-state index in [9.17, 15) is 0 Å². The standard InChI is InChI=1S/C15H14ClNO/c1-18-15-5-4-12(16)9-13(15)11-3-2-10-6-7-17-14(10)8-11/h2-5,8-9,17H,6-7H2,1H3. The predicted molar refractivity (Wildman–Crippen MR) is 75.6 cm³/mol. The van der Waals surface area contributed by atoms with Crippen LogP contribution >= 0.6 is 11.6 Å². The minimum absolute atomic E-state index is 0.722. The molecular weight excluding hydrogens is 246 g/mol. The number of anilines is 1. The third-order valence-electron chi connectivity index (χ3n) is 3.29. The largest absolute Gasteiger partial charge is 0.496 e. The first-order valence-electron chi connectivity index (χ1n) is 5.98. The van der Waals surface area contributed by atoms with Crippen LogP contribution in [0, 0.1) is 0 Å². The van der Waals surface area contributed by atoms with Crippen molar-refractivity contribution in [3.8, 4) is 16.9 Å². The molecule has 2 aromatic carbocycles. The van der Waals surface area contributed by atoms with Crippen LogP contribution < -0.4 is 10.1 Å². The second kappa shape index (κ2) is 4.54. The molecule has 0 radical (unpaired) electrons. The van der Waals surface area contributed by atoms with Gasteiger partial charge in [-0.25, -0.2) is 0 Å². The number of benzene rings is 2. The second-order valence-corrected chi connectivity index (χ2v) is 4.83. The van der Waals surface area contributed by atoms with E-state index in [1.807, 2.05) is 18.2 Å². The third-order valence-corrected chi connectivity index (χ3v) is 3.53. The Morgan fingerprint density at radius 2 is 2.06 bits per heavy atom. The zero-order valence-corrected chi connectivity index (χ0v) is 10.9. The molecule has 0 saturated carbocycles. The average Bonchev–Trinajstić information content (AvgIpc) is 2.85. The molecule has 0 amide bonds. The summed E-state index contributed by atoms with van der Waals surface area (Å²) in [5, 5.41) is 4.11. The summed E-state index contributed by atoms with van der Waals surface area (Å²) in [6, 6.07) is 12.1. The van der Waals surface area contributed by atoms with E-state index in [-0.39, 0.29) is 0 Å².